The molecule has 0 aliphatic heterocycles. The third-order valence-corrected chi connectivity index (χ3v) is 2.90. The van der Waals surface area contributed by atoms with Crippen LogP contribution in [0.5, 0.6) is 5.75 Å². The molecule has 3 rings (SSSR count). The summed E-state index contributed by atoms with van der Waals surface area (Å²) in [5.74, 6) is 0.934. The summed E-state index contributed by atoms with van der Waals surface area (Å²) in [7, 11) is 0. The molecule has 1 aromatic heterocycles. The van der Waals surface area contributed by atoms with E-state index in [-0.39, 0.29) is 5.75 Å². The van der Waals surface area contributed by atoms with Crippen LogP contribution in [0.25, 0.3) is 10.9 Å². The second-order valence-electron chi connectivity index (χ2n) is 4.42. The van der Waals surface area contributed by atoms with Gasteiger partial charge < -0.3 is 10.4 Å². The first-order valence-corrected chi connectivity index (χ1v) is 6.00. The van der Waals surface area contributed by atoms with Crippen LogP contribution in [0.3, 0.4) is 0 Å². The molecule has 4 heteroatoms. The van der Waals surface area contributed by atoms with Crippen molar-refractivity contribution in [2.24, 2.45) is 0 Å². The Kier molecular flexibility index (Phi) is 2.76. The minimum atomic E-state index is 0.202. The quantitative estimate of drug-likeness (QED) is 0.733. The minimum Gasteiger partial charge on any atom is -0.508 e. The first-order valence-electron chi connectivity index (χ1n) is 6.00. The lowest BCUT2D eigenvalue weighted by atomic mass is 10.2. The summed E-state index contributed by atoms with van der Waals surface area (Å²) in [6, 6.07) is 13.1. The van der Waals surface area contributed by atoms with Gasteiger partial charge in [-0.3, -0.25) is 0 Å². The van der Waals surface area contributed by atoms with Crippen LogP contribution in [0.2, 0.25) is 0 Å². The number of hydrogen-bond acceptors (Lipinski definition) is 4. The number of nitrogens with one attached hydrogen (secondary N) is 1. The zero-order chi connectivity index (χ0) is 13.2. The van der Waals surface area contributed by atoms with E-state index >= 15 is 0 Å². The lowest BCUT2D eigenvalue weighted by Crippen LogP contribution is -1.96. The Morgan fingerprint density at radius 3 is 2.79 bits per heavy atom. The zero-order valence-electron chi connectivity index (χ0n) is 10.5. The van der Waals surface area contributed by atoms with Gasteiger partial charge in [0.1, 0.15) is 17.9 Å². The highest BCUT2D eigenvalue weighted by atomic mass is 16.3. The average Bonchev–Trinajstić information content (AvgIpc) is 2.38. The number of hydrogen-bond donors (Lipinski definition) is 2. The maximum Gasteiger partial charge on any atom is 0.141 e. The molecule has 4 nitrogen and oxygen atoms in total. The van der Waals surface area contributed by atoms with Gasteiger partial charge in [-0.15, -0.1) is 0 Å². The molecule has 0 radical (unpaired) electrons. The topological polar surface area (TPSA) is 58.0 Å². The van der Waals surface area contributed by atoms with Gasteiger partial charge in [0.15, 0.2) is 0 Å². The van der Waals surface area contributed by atoms with E-state index in [1.54, 1.807) is 12.1 Å². The highest BCUT2D eigenvalue weighted by molar-refractivity contribution is 5.91. The molecule has 0 unspecified atom stereocenters. The molecule has 2 aromatic carbocycles. The summed E-state index contributed by atoms with van der Waals surface area (Å²) in [5, 5.41) is 13.6. The lowest BCUT2D eigenvalue weighted by Gasteiger charge is -2.08. The first-order chi connectivity index (χ1) is 9.22. The third kappa shape index (κ3) is 2.33. The second kappa shape index (κ2) is 4.57. The van der Waals surface area contributed by atoms with Crippen molar-refractivity contribution in [2.75, 3.05) is 5.32 Å². The van der Waals surface area contributed by atoms with Crippen LogP contribution in [0, 0.1) is 6.92 Å². The molecule has 0 saturated heterocycles. The van der Waals surface area contributed by atoms with Gasteiger partial charge in [0, 0.05) is 17.1 Å². The number of phenols is 1. The van der Waals surface area contributed by atoms with Gasteiger partial charge in [-0.05, 0) is 36.8 Å². The van der Waals surface area contributed by atoms with Crippen LogP contribution in [0.1, 0.15) is 5.56 Å². The van der Waals surface area contributed by atoms with Crippen molar-refractivity contribution in [3.63, 3.8) is 0 Å². The summed E-state index contributed by atoms with van der Waals surface area (Å²) in [6.07, 6.45) is 1.49. The fourth-order valence-corrected chi connectivity index (χ4v) is 2.00. The van der Waals surface area contributed by atoms with Crippen LogP contribution >= 0.6 is 0 Å². The van der Waals surface area contributed by atoms with E-state index < -0.39 is 0 Å². The van der Waals surface area contributed by atoms with Crippen molar-refractivity contribution in [1.82, 2.24) is 9.97 Å². The Balaban J connectivity index is 2.06. The molecule has 0 spiro atoms. The van der Waals surface area contributed by atoms with E-state index in [1.807, 2.05) is 37.3 Å². The van der Waals surface area contributed by atoms with Gasteiger partial charge in [-0.25, -0.2) is 9.97 Å². The molecule has 0 fully saturated rings. The first kappa shape index (κ1) is 11.5. The van der Waals surface area contributed by atoms with Crippen molar-refractivity contribution in [3.05, 3.63) is 54.4 Å². The highest BCUT2D eigenvalue weighted by Gasteiger charge is 2.04. The number of nitrogens with zero attached hydrogens (tertiary/aromatic N) is 2. The highest BCUT2D eigenvalue weighted by Crippen LogP contribution is 2.25. The number of aryl methyl sites for hydroxylation is 1. The molecular weight excluding hydrogens is 238 g/mol. The number of phenolic OH excluding ortho intramolecular Hbond substituents is 1. The van der Waals surface area contributed by atoms with Crippen molar-refractivity contribution in [3.8, 4) is 5.75 Å². The van der Waals surface area contributed by atoms with Crippen molar-refractivity contribution in [1.29, 1.82) is 0 Å². The number of benzene rings is 2. The number of aromatic hydroxyl groups is 1. The largest absolute Gasteiger partial charge is 0.508 e. The van der Waals surface area contributed by atoms with E-state index in [1.165, 1.54) is 11.9 Å². The summed E-state index contributed by atoms with van der Waals surface area (Å²) in [4.78, 5) is 8.41. The fourth-order valence-electron chi connectivity index (χ4n) is 2.00. The van der Waals surface area contributed by atoms with Gasteiger partial charge in [-0.1, -0.05) is 12.1 Å². The van der Waals surface area contributed by atoms with Crippen LogP contribution in [-0.4, -0.2) is 15.1 Å². The molecule has 0 saturated carbocycles. The van der Waals surface area contributed by atoms with Gasteiger partial charge in [0.2, 0.25) is 0 Å². The fraction of sp³-hybridized carbons (Fsp3) is 0.0667. The Labute approximate surface area is 110 Å². The summed E-state index contributed by atoms with van der Waals surface area (Å²) < 4.78 is 0. The summed E-state index contributed by atoms with van der Waals surface area (Å²) in [6.45, 7) is 2.04. The van der Waals surface area contributed by atoms with Crippen LogP contribution in [0.15, 0.2) is 48.8 Å². The molecular formula is C15H13N3O. The Morgan fingerprint density at radius 1 is 1.05 bits per heavy atom. The third-order valence-electron chi connectivity index (χ3n) is 2.90. The SMILES string of the molecule is Cc1cccc(Nc2ncnc3cc(O)ccc23)c1. The summed E-state index contributed by atoms with van der Waals surface area (Å²) in [5.41, 5.74) is 2.87. The molecule has 94 valence electrons. The van der Waals surface area contributed by atoms with Crippen LogP contribution in [-0.2, 0) is 0 Å². The number of fused-ring (bicyclic) bond motifs is 1. The molecule has 0 amide bonds. The van der Waals surface area contributed by atoms with Gasteiger partial charge >= 0.3 is 0 Å². The van der Waals surface area contributed by atoms with Crippen LogP contribution in [0.4, 0.5) is 11.5 Å². The molecule has 0 atom stereocenters. The van der Waals surface area contributed by atoms with E-state index in [4.69, 9.17) is 0 Å². The Hall–Kier alpha value is -2.62. The number of aromatic nitrogens is 2. The maximum atomic E-state index is 9.47. The van der Waals surface area contributed by atoms with Gasteiger partial charge in [0.25, 0.3) is 0 Å². The zero-order valence-corrected chi connectivity index (χ0v) is 10.5. The summed E-state index contributed by atoms with van der Waals surface area (Å²) >= 11 is 0. The van der Waals surface area contributed by atoms with E-state index in [0.717, 1.165) is 16.9 Å². The molecule has 0 aliphatic carbocycles. The predicted octanol–water partition coefficient (Wildman–Crippen LogP) is 3.39. The van der Waals surface area contributed by atoms with Crippen molar-refractivity contribution < 1.29 is 5.11 Å². The average molecular weight is 251 g/mol. The van der Waals surface area contributed by atoms with Crippen molar-refractivity contribution >= 4 is 22.4 Å². The van der Waals surface area contributed by atoms with Gasteiger partial charge in [-0.2, -0.15) is 0 Å². The normalized spacial score (nSPS) is 10.6. The molecule has 19 heavy (non-hydrogen) atoms. The number of anilines is 2. The Bertz CT molecular complexity index is 740. The Morgan fingerprint density at radius 2 is 1.95 bits per heavy atom. The lowest BCUT2D eigenvalue weighted by molar-refractivity contribution is 0.476. The smallest absolute Gasteiger partial charge is 0.141 e. The van der Waals surface area contributed by atoms with Gasteiger partial charge in [0.05, 0.1) is 5.52 Å². The van der Waals surface area contributed by atoms with E-state index in [2.05, 4.69) is 15.3 Å². The predicted molar refractivity (Wildman–Crippen MR) is 75.7 cm³/mol. The monoisotopic (exact) mass is 251 g/mol. The van der Waals surface area contributed by atoms with E-state index in [9.17, 15) is 5.11 Å². The van der Waals surface area contributed by atoms with Crippen molar-refractivity contribution in [2.45, 2.75) is 6.92 Å². The molecule has 3 aromatic rings. The molecule has 0 bridgehead atoms. The standard InChI is InChI=1S/C15H13N3O/c1-10-3-2-4-11(7-10)18-15-13-6-5-12(19)8-14(13)16-9-17-15/h2-9,19H,1H3,(H,16,17,18). The number of rotatable bonds is 2. The second-order valence-corrected chi connectivity index (χ2v) is 4.42. The van der Waals surface area contributed by atoms with Crippen LogP contribution < -0.4 is 5.32 Å². The minimum absolute atomic E-state index is 0.202. The van der Waals surface area contributed by atoms with E-state index in [0.29, 0.717) is 5.52 Å². The molecule has 2 N–H and O–H groups in total. The molecule has 1 heterocycles. The maximum absolute atomic E-state index is 9.47. The molecule has 0 aliphatic rings.